The lowest BCUT2D eigenvalue weighted by Crippen LogP contribution is -2.44. The van der Waals surface area contributed by atoms with Gasteiger partial charge in [0.25, 0.3) is 0 Å². The number of rotatable bonds is 2. The second-order valence-electron chi connectivity index (χ2n) is 5.81. The zero-order valence-corrected chi connectivity index (χ0v) is 13.2. The van der Waals surface area contributed by atoms with Crippen molar-refractivity contribution in [1.82, 2.24) is 4.90 Å². The van der Waals surface area contributed by atoms with E-state index in [4.69, 9.17) is 5.26 Å². The van der Waals surface area contributed by atoms with Crippen molar-refractivity contribution in [3.63, 3.8) is 0 Å². The molecule has 1 unspecified atom stereocenters. The summed E-state index contributed by atoms with van der Waals surface area (Å²) in [6.45, 7) is 4.33. The van der Waals surface area contributed by atoms with E-state index in [0.717, 1.165) is 37.1 Å². The van der Waals surface area contributed by atoms with E-state index in [1.807, 2.05) is 0 Å². The average Bonchev–Trinajstić information content (AvgIpc) is 2.96. The molecule has 0 bridgehead atoms. The lowest BCUT2D eigenvalue weighted by Gasteiger charge is -2.37. The first-order valence-electron chi connectivity index (χ1n) is 7.40. The Morgan fingerprint density at radius 1 is 1.15 bits per heavy atom. The summed E-state index contributed by atoms with van der Waals surface area (Å²) in [4.78, 5) is 5.01. The summed E-state index contributed by atoms with van der Waals surface area (Å²) in [5, 5.41) is 9.01. The van der Waals surface area contributed by atoms with Crippen LogP contribution < -0.4 is 4.90 Å². The van der Waals surface area contributed by atoms with Crippen LogP contribution in [0.4, 0.5) is 5.69 Å². The zero-order chi connectivity index (χ0) is 13.9. The molecule has 2 aliphatic rings. The van der Waals surface area contributed by atoms with Gasteiger partial charge in [0.05, 0.1) is 12.0 Å². The summed E-state index contributed by atoms with van der Waals surface area (Å²) < 4.78 is 1.15. The van der Waals surface area contributed by atoms with Gasteiger partial charge in [-0.1, -0.05) is 22.0 Å². The third-order valence-electron chi connectivity index (χ3n) is 4.56. The number of halogens is 1. The maximum absolute atomic E-state index is 9.01. The van der Waals surface area contributed by atoms with E-state index in [1.165, 1.54) is 18.5 Å². The number of benzene rings is 1. The van der Waals surface area contributed by atoms with E-state index >= 15 is 0 Å². The molecule has 4 heteroatoms. The maximum Gasteiger partial charge on any atom is 0.0669 e. The Kier molecular flexibility index (Phi) is 4.28. The van der Waals surface area contributed by atoms with E-state index in [2.05, 4.69) is 56.1 Å². The third kappa shape index (κ3) is 2.99. The van der Waals surface area contributed by atoms with Crippen LogP contribution in [-0.4, -0.2) is 37.1 Å². The minimum absolute atomic E-state index is 0.262. The van der Waals surface area contributed by atoms with Crippen LogP contribution in [0.2, 0.25) is 0 Å². The van der Waals surface area contributed by atoms with Gasteiger partial charge in [-0.25, -0.2) is 0 Å². The molecule has 0 spiro atoms. The number of piperidine rings is 1. The van der Waals surface area contributed by atoms with Gasteiger partial charge in [0.1, 0.15) is 0 Å². The van der Waals surface area contributed by atoms with Gasteiger partial charge in [0, 0.05) is 35.8 Å². The molecule has 0 amide bonds. The van der Waals surface area contributed by atoms with Crippen LogP contribution in [0.3, 0.4) is 0 Å². The number of nitrogens with zero attached hydrogens (tertiary/aromatic N) is 3. The van der Waals surface area contributed by atoms with Gasteiger partial charge < -0.3 is 4.90 Å². The van der Waals surface area contributed by atoms with Crippen molar-refractivity contribution in [1.29, 1.82) is 5.26 Å². The van der Waals surface area contributed by atoms with Gasteiger partial charge in [-0.05, 0) is 44.0 Å². The fourth-order valence-electron chi connectivity index (χ4n) is 3.39. The molecule has 0 saturated carbocycles. The molecular weight excluding hydrogens is 314 g/mol. The van der Waals surface area contributed by atoms with Crippen LogP contribution in [0.15, 0.2) is 28.7 Å². The van der Waals surface area contributed by atoms with Gasteiger partial charge >= 0.3 is 0 Å². The van der Waals surface area contributed by atoms with Crippen LogP contribution in [-0.2, 0) is 0 Å². The molecule has 1 atom stereocenters. The van der Waals surface area contributed by atoms with Crippen molar-refractivity contribution in [3.8, 4) is 6.07 Å². The molecule has 3 rings (SSSR count). The minimum Gasteiger partial charge on any atom is -0.371 e. The molecule has 106 valence electrons. The Labute approximate surface area is 129 Å². The van der Waals surface area contributed by atoms with Crippen LogP contribution in [0.25, 0.3) is 0 Å². The van der Waals surface area contributed by atoms with Crippen LogP contribution in [0.5, 0.6) is 0 Å². The summed E-state index contributed by atoms with van der Waals surface area (Å²) in [7, 11) is 0. The van der Waals surface area contributed by atoms with E-state index < -0.39 is 0 Å². The number of nitriles is 1. The molecule has 20 heavy (non-hydrogen) atoms. The smallest absolute Gasteiger partial charge is 0.0669 e. The fourth-order valence-corrected chi connectivity index (χ4v) is 3.77. The normalized spacial score (nSPS) is 24.8. The highest BCUT2D eigenvalue weighted by atomic mass is 79.9. The Morgan fingerprint density at radius 2 is 1.95 bits per heavy atom. The van der Waals surface area contributed by atoms with Crippen molar-refractivity contribution in [2.75, 3.05) is 31.1 Å². The van der Waals surface area contributed by atoms with Crippen molar-refractivity contribution in [2.24, 2.45) is 5.92 Å². The molecule has 2 saturated heterocycles. The van der Waals surface area contributed by atoms with E-state index in [-0.39, 0.29) is 5.92 Å². The van der Waals surface area contributed by atoms with Gasteiger partial charge in [-0.2, -0.15) is 5.26 Å². The van der Waals surface area contributed by atoms with Gasteiger partial charge in [0.15, 0.2) is 0 Å². The molecule has 1 aromatic rings. The predicted octanol–water partition coefficient (Wildman–Crippen LogP) is 3.26. The number of likely N-dealkylation sites (tertiary alicyclic amines) is 1. The monoisotopic (exact) mass is 333 g/mol. The Balaban J connectivity index is 1.56. The predicted molar refractivity (Wildman–Crippen MR) is 84.7 cm³/mol. The molecule has 2 fully saturated rings. The minimum atomic E-state index is 0.262. The number of hydrogen-bond donors (Lipinski definition) is 0. The largest absolute Gasteiger partial charge is 0.371 e. The van der Waals surface area contributed by atoms with E-state index in [9.17, 15) is 0 Å². The summed E-state index contributed by atoms with van der Waals surface area (Å²) in [6, 6.07) is 11.7. The highest BCUT2D eigenvalue weighted by Gasteiger charge is 2.30. The third-order valence-corrected chi connectivity index (χ3v) is 5.05. The first-order valence-corrected chi connectivity index (χ1v) is 8.20. The van der Waals surface area contributed by atoms with Crippen LogP contribution in [0, 0.1) is 17.2 Å². The first-order chi connectivity index (χ1) is 9.76. The standard InChI is InChI=1S/C16H20BrN3/c17-14-2-1-3-16(10-14)19-8-5-15(6-9-19)20-7-4-13(11-18)12-20/h1-3,10,13,15H,4-9,12H2. The molecule has 0 N–H and O–H groups in total. The highest BCUT2D eigenvalue weighted by molar-refractivity contribution is 9.10. The Bertz CT molecular complexity index is 503. The van der Waals surface area contributed by atoms with Gasteiger partial charge in [-0.15, -0.1) is 0 Å². The zero-order valence-electron chi connectivity index (χ0n) is 11.6. The molecular formula is C16H20BrN3. The van der Waals surface area contributed by atoms with Crippen LogP contribution in [0.1, 0.15) is 19.3 Å². The summed E-state index contributed by atoms with van der Waals surface area (Å²) in [6.07, 6.45) is 3.48. The summed E-state index contributed by atoms with van der Waals surface area (Å²) in [5.41, 5.74) is 1.31. The van der Waals surface area contributed by atoms with E-state index in [1.54, 1.807) is 0 Å². The Morgan fingerprint density at radius 3 is 2.60 bits per heavy atom. The molecule has 1 aromatic carbocycles. The molecule has 0 aliphatic carbocycles. The van der Waals surface area contributed by atoms with Crippen molar-refractivity contribution >= 4 is 21.6 Å². The number of hydrogen-bond acceptors (Lipinski definition) is 3. The summed E-state index contributed by atoms with van der Waals surface area (Å²) in [5.74, 6) is 0.262. The molecule has 2 aliphatic heterocycles. The van der Waals surface area contributed by atoms with Crippen molar-refractivity contribution < 1.29 is 0 Å². The lowest BCUT2D eigenvalue weighted by molar-refractivity contribution is 0.204. The van der Waals surface area contributed by atoms with Gasteiger partial charge in [-0.3, -0.25) is 4.90 Å². The van der Waals surface area contributed by atoms with Crippen LogP contribution >= 0.6 is 15.9 Å². The highest BCUT2D eigenvalue weighted by Crippen LogP contribution is 2.27. The molecule has 3 nitrogen and oxygen atoms in total. The topological polar surface area (TPSA) is 30.3 Å². The molecule has 0 radical (unpaired) electrons. The quantitative estimate of drug-likeness (QED) is 0.832. The molecule has 0 aromatic heterocycles. The summed E-state index contributed by atoms with van der Waals surface area (Å²) >= 11 is 3.54. The first kappa shape index (κ1) is 13.9. The fraction of sp³-hybridized carbons (Fsp3) is 0.562. The second kappa shape index (κ2) is 6.15. The second-order valence-corrected chi connectivity index (χ2v) is 6.72. The molecule has 2 heterocycles. The van der Waals surface area contributed by atoms with Gasteiger partial charge in [0.2, 0.25) is 0 Å². The average molecular weight is 334 g/mol. The number of anilines is 1. The van der Waals surface area contributed by atoms with Crippen molar-refractivity contribution in [3.05, 3.63) is 28.7 Å². The van der Waals surface area contributed by atoms with Crippen molar-refractivity contribution in [2.45, 2.75) is 25.3 Å². The Hall–Kier alpha value is -1.05. The lowest BCUT2D eigenvalue weighted by atomic mass is 10.0. The maximum atomic E-state index is 9.01. The SMILES string of the molecule is N#CC1CCN(C2CCN(c3cccc(Br)c3)CC2)C1. The van der Waals surface area contributed by atoms with E-state index in [0.29, 0.717) is 6.04 Å².